The van der Waals surface area contributed by atoms with Gasteiger partial charge in [-0.15, -0.1) is 0 Å². The van der Waals surface area contributed by atoms with Crippen LogP contribution in [0.5, 0.6) is 0 Å². The summed E-state index contributed by atoms with van der Waals surface area (Å²) < 4.78 is 0. The van der Waals surface area contributed by atoms with E-state index in [9.17, 15) is 5.11 Å². The summed E-state index contributed by atoms with van der Waals surface area (Å²) in [7, 11) is 2.12. The van der Waals surface area contributed by atoms with Gasteiger partial charge in [-0.1, -0.05) is 32.9 Å². The fourth-order valence-electron chi connectivity index (χ4n) is 1.77. The molecule has 1 aromatic carbocycles. The van der Waals surface area contributed by atoms with E-state index in [0.29, 0.717) is 0 Å². The van der Waals surface area contributed by atoms with Gasteiger partial charge in [-0.3, -0.25) is 0 Å². The molecule has 96 valence electrons. The van der Waals surface area contributed by atoms with Gasteiger partial charge in [-0.05, 0) is 36.5 Å². The quantitative estimate of drug-likeness (QED) is 0.814. The highest BCUT2D eigenvalue weighted by atomic mass is 16.3. The summed E-state index contributed by atoms with van der Waals surface area (Å²) in [6.45, 7) is 7.56. The highest BCUT2D eigenvalue weighted by Crippen LogP contribution is 2.20. The van der Waals surface area contributed by atoms with E-state index < -0.39 is 0 Å². The fourth-order valence-corrected chi connectivity index (χ4v) is 1.77. The molecule has 1 aromatic rings. The average molecular weight is 235 g/mol. The SMILES string of the molecule is CCC(O)c1ccc(N(C)CCC(C)C)cc1. The molecule has 0 amide bonds. The summed E-state index contributed by atoms with van der Waals surface area (Å²) in [5, 5.41) is 9.72. The maximum Gasteiger partial charge on any atom is 0.0787 e. The summed E-state index contributed by atoms with van der Waals surface area (Å²) in [5.74, 6) is 0.735. The van der Waals surface area contributed by atoms with Crippen molar-refractivity contribution in [2.75, 3.05) is 18.5 Å². The Bertz CT molecular complexity index is 318. The van der Waals surface area contributed by atoms with E-state index in [1.807, 2.05) is 19.1 Å². The molecule has 0 bridgehead atoms. The molecule has 2 heteroatoms. The normalized spacial score (nSPS) is 12.8. The van der Waals surface area contributed by atoms with E-state index in [0.717, 1.165) is 24.4 Å². The van der Waals surface area contributed by atoms with Crippen molar-refractivity contribution in [2.45, 2.75) is 39.7 Å². The van der Waals surface area contributed by atoms with E-state index >= 15 is 0 Å². The van der Waals surface area contributed by atoms with E-state index in [-0.39, 0.29) is 6.10 Å². The molecule has 0 aliphatic rings. The maximum absolute atomic E-state index is 9.72. The Hall–Kier alpha value is -1.02. The molecule has 0 aromatic heterocycles. The lowest BCUT2D eigenvalue weighted by atomic mass is 10.1. The van der Waals surface area contributed by atoms with Crippen molar-refractivity contribution in [3.05, 3.63) is 29.8 Å². The number of nitrogens with zero attached hydrogens (tertiary/aromatic N) is 1. The van der Waals surface area contributed by atoms with E-state index in [1.165, 1.54) is 12.1 Å². The number of benzene rings is 1. The Morgan fingerprint density at radius 1 is 1.18 bits per heavy atom. The van der Waals surface area contributed by atoms with Crippen LogP contribution in [0.2, 0.25) is 0 Å². The summed E-state index contributed by atoms with van der Waals surface area (Å²) in [5.41, 5.74) is 2.23. The monoisotopic (exact) mass is 235 g/mol. The third-order valence-electron chi connectivity index (χ3n) is 3.15. The zero-order valence-electron chi connectivity index (χ0n) is 11.5. The van der Waals surface area contributed by atoms with Crippen molar-refractivity contribution in [1.82, 2.24) is 0 Å². The molecule has 0 spiro atoms. The molecule has 1 rings (SSSR count). The van der Waals surface area contributed by atoms with Crippen LogP contribution in [-0.4, -0.2) is 18.7 Å². The first-order valence-corrected chi connectivity index (χ1v) is 6.53. The lowest BCUT2D eigenvalue weighted by Crippen LogP contribution is -2.19. The van der Waals surface area contributed by atoms with E-state index in [1.54, 1.807) is 0 Å². The van der Waals surface area contributed by atoms with Gasteiger partial charge in [0.05, 0.1) is 6.10 Å². The topological polar surface area (TPSA) is 23.5 Å². The van der Waals surface area contributed by atoms with Gasteiger partial charge in [0.1, 0.15) is 0 Å². The first kappa shape index (κ1) is 14.0. The Morgan fingerprint density at radius 3 is 2.24 bits per heavy atom. The number of aliphatic hydroxyl groups excluding tert-OH is 1. The van der Waals surface area contributed by atoms with Crippen LogP contribution >= 0.6 is 0 Å². The number of hydrogen-bond donors (Lipinski definition) is 1. The molecule has 17 heavy (non-hydrogen) atoms. The van der Waals surface area contributed by atoms with Gasteiger partial charge >= 0.3 is 0 Å². The standard InChI is InChI=1S/C15H25NO/c1-5-15(17)13-6-8-14(9-7-13)16(4)11-10-12(2)3/h6-9,12,15,17H,5,10-11H2,1-4H3. The van der Waals surface area contributed by atoms with Crippen molar-refractivity contribution in [1.29, 1.82) is 0 Å². The zero-order chi connectivity index (χ0) is 12.8. The van der Waals surface area contributed by atoms with Crippen LogP contribution in [0.4, 0.5) is 5.69 Å². The fraction of sp³-hybridized carbons (Fsp3) is 0.600. The number of hydrogen-bond acceptors (Lipinski definition) is 2. The molecule has 2 nitrogen and oxygen atoms in total. The lowest BCUT2D eigenvalue weighted by Gasteiger charge is -2.21. The largest absolute Gasteiger partial charge is 0.388 e. The summed E-state index contributed by atoms with van der Waals surface area (Å²) in [6.07, 6.45) is 1.64. The van der Waals surface area contributed by atoms with Crippen LogP contribution in [0, 0.1) is 5.92 Å². The highest BCUT2D eigenvalue weighted by Gasteiger charge is 2.06. The molecular formula is C15H25NO. The van der Waals surface area contributed by atoms with E-state index in [2.05, 4.69) is 37.9 Å². The van der Waals surface area contributed by atoms with Crippen molar-refractivity contribution in [3.8, 4) is 0 Å². The van der Waals surface area contributed by atoms with Crippen molar-refractivity contribution in [3.63, 3.8) is 0 Å². The second-order valence-electron chi connectivity index (χ2n) is 5.12. The van der Waals surface area contributed by atoms with E-state index in [4.69, 9.17) is 0 Å². The average Bonchev–Trinajstić information content (AvgIpc) is 2.35. The second kappa shape index (κ2) is 6.65. The summed E-state index contributed by atoms with van der Waals surface area (Å²) in [4.78, 5) is 2.27. The molecular weight excluding hydrogens is 210 g/mol. The van der Waals surface area contributed by atoms with Crippen LogP contribution in [0.15, 0.2) is 24.3 Å². The maximum atomic E-state index is 9.72. The molecule has 0 heterocycles. The second-order valence-corrected chi connectivity index (χ2v) is 5.12. The molecule has 0 saturated carbocycles. The Morgan fingerprint density at radius 2 is 1.76 bits per heavy atom. The first-order valence-electron chi connectivity index (χ1n) is 6.53. The van der Waals surface area contributed by atoms with Gasteiger partial charge in [0.15, 0.2) is 0 Å². The predicted molar refractivity (Wildman–Crippen MR) is 74.4 cm³/mol. The number of rotatable bonds is 6. The highest BCUT2D eigenvalue weighted by molar-refractivity contribution is 5.47. The van der Waals surface area contributed by atoms with Crippen molar-refractivity contribution < 1.29 is 5.11 Å². The Kier molecular flexibility index (Phi) is 5.49. The third-order valence-corrected chi connectivity index (χ3v) is 3.15. The minimum absolute atomic E-state index is 0.329. The van der Waals surface area contributed by atoms with Crippen LogP contribution in [-0.2, 0) is 0 Å². The van der Waals surface area contributed by atoms with Crippen LogP contribution in [0.3, 0.4) is 0 Å². The Balaban J connectivity index is 2.60. The van der Waals surface area contributed by atoms with Gasteiger partial charge in [-0.2, -0.15) is 0 Å². The smallest absolute Gasteiger partial charge is 0.0787 e. The minimum Gasteiger partial charge on any atom is -0.388 e. The molecule has 0 fully saturated rings. The van der Waals surface area contributed by atoms with Gasteiger partial charge in [0, 0.05) is 19.3 Å². The lowest BCUT2D eigenvalue weighted by molar-refractivity contribution is 0.173. The molecule has 1 atom stereocenters. The molecule has 1 unspecified atom stereocenters. The van der Waals surface area contributed by atoms with Gasteiger partial charge in [-0.25, -0.2) is 0 Å². The van der Waals surface area contributed by atoms with Gasteiger partial charge in [0.2, 0.25) is 0 Å². The summed E-state index contributed by atoms with van der Waals surface area (Å²) in [6, 6.07) is 8.23. The molecule has 0 aliphatic carbocycles. The van der Waals surface area contributed by atoms with Gasteiger partial charge in [0.25, 0.3) is 0 Å². The molecule has 0 radical (unpaired) electrons. The minimum atomic E-state index is -0.329. The summed E-state index contributed by atoms with van der Waals surface area (Å²) >= 11 is 0. The molecule has 1 N–H and O–H groups in total. The van der Waals surface area contributed by atoms with Gasteiger partial charge < -0.3 is 10.0 Å². The number of anilines is 1. The van der Waals surface area contributed by atoms with Crippen molar-refractivity contribution >= 4 is 5.69 Å². The van der Waals surface area contributed by atoms with Crippen LogP contribution in [0.1, 0.15) is 45.3 Å². The predicted octanol–water partition coefficient (Wildman–Crippen LogP) is 3.61. The van der Waals surface area contributed by atoms with Crippen LogP contribution in [0.25, 0.3) is 0 Å². The first-order chi connectivity index (χ1) is 8.04. The number of aliphatic hydroxyl groups is 1. The Labute approximate surface area is 105 Å². The molecule has 0 saturated heterocycles. The zero-order valence-corrected chi connectivity index (χ0v) is 11.5. The third kappa shape index (κ3) is 4.39. The van der Waals surface area contributed by atoms with Crippen molar-refractivity contribution in [2.24, 2.45) is 5.92 Å². The van der Waals surface area contributed by atoms with Crippen LogP contribution < -0.4 is 4.90 Å². The molecule has 0 aliphatic heterocycles.